The molecule has 4 heterocycles. The monoisotopic (exact) mass is 1090 g/mol. The highest BCUT2D eigenvalue weighted by atomic mass is 32.2. The van der Waals surface area contributed by atoms with E-state index in [2.05, 4.69) is 10.0 Å². The maximum absolute atomic E-state index is 13.0. The van der Waals surface area contributed by atoms with Crippen molar-refractivity contribution < 1.29 is 76.6 Å². The first kappa shape index (κ1) is 58.3. The molecule has 7 N–H and O–H groups in total. The summed E-state index contributed by atoms with van der Waals surface area (Å²) < 4.78 is 78.1. The van der Waals surface area contributed by atoms with Crippen LogP contribution in [0.1, 0.15) is 151 Å². The second-order valence-electron chi connectivity index (χ2n) is 21.2. The summed E-state index contributed by atoms with van der Waals surface area (Å²) in [5.74, 6) is 0.269. The first-order valence-electron chi connectivity index (χ1n) is 27.3. The predicted octanol–water partition coefficient (Wildman–Crippen LogP) is 9.27. The Bertz CT molecular complexity index is 2590. The molecule has 0 radical (unpaired) electrons. The van der Waals surface area contributed by atoms with Gasteiger partial charge in [0.15, 0.2) is 25.2 Å². The number of aliphatic hydroxyl groups excluding tert-OH is 2. The molecule has 8 rings (SSSR count). The molecule has 4 aliphatic heterocycles. The third kappa shape index (κ3) is 17.3. The van der Waals surface area contributed by atoms with E-state index in [1.165, 1.54) is 12.1 Å². The summed E-state index contributed by atoms with van der Waals surface area (Å²) in [4.78, 5) is 12.9. The fourth-order valence-electron chi connectivity index (χ4n) is 10.8. The van der Waals surface area contributed by atoms with Gasteiger partial charge in [-0.2, -0.15) is 0 Å². The Balaban J connectivity index is 0.834. The van der Waals surface area contributed by atoms with Crippen LogP contribution < -0.4 is 10.0 Å². The molecular weight excluding hydrogens is 1010 g/mol. The van der Waals surface area contributed by atoms with Crippen LogP contribution in [0.5, 0.6) is 17.2 Å². The van der Waals surface area contributed by atoms with E-state index in [9.17, 15) is 38.7 Å². The van der Waals surface area contributed by atoms with Gasteiger partial charge in [0.2, 0.25) is 0 Å². The normalized spacial score (nSPS) is 28.8. The van der Waals surface area contributed by atoms with Crippen LogP contribution in [0.4, 0.5) is 4.79 Å². The maximum atomic E-state index is 13.0. The number of para-hydroxylation sites is 3. The lowest BCUT2D eigenvalue weighted by Gasteiger charge is -2.38. The summed E-state index contributed by atoms with van der Waals surface area (Å²) in [5, 5.41) is 57.0. The van der Waals surface area contributed by atoms with Crippen molar-refractivity contribution in [3.05, 3.63) is 119 Å². The Morgan fingerprint density at radius 2 is 0.922 bits per heavy atom. The standard InChI is InChI=1S/C58H78N2O16S/c1-36-25-27-47(28-26-36)77(67,68)60-58(66)59-35-54-71-42(18-12-17-41-29-37(2)69-55(73-41)48-19-4-7-22-51(48)63)34-46(72-54)32-40(62)14-11-16-44-33-43(74-57(75-44)50-21-6-9-24-53(50)65)15-10-13-39(61)31-45-30-38(3)70-56(76-45)49-20-5-8-23-52(49)64/h4-9,19-28,37-46,54-57,61-65H,10-18,29-35H2,1-3H3,(H2,59,60,66). The van der Waals surface area contributed by atoms with E-state index in [0.717, 1.165) is 12.0 Å². The average Bonchev–Trinajstić information content (AvgIpc) is 3.38. The number of phenols is 3. The van der Waals surface area contributed by atoms with Crippen molar-refractivity contribution in [1.82, 2.24) is 10.0 Å². The summed E-state index contributed by atoms with van der Waals surface area (Å²) in [6, 6.07) is 26.0. The van der Waals surface area contributed by atoms with Crippen LogP contribution in [-0.4, -0.2) is 114 Å². The van der Waals surface area contributed by atoms with Gasteiger partial charge in [0.25, 0.3) is 10.0 Å². The number of nitrogens with one attached hydrogen (secondary N) is 2. The SMILES string of the molecule is Cc1ccc(S(=O)(=O)NC(=O)NCC2OC(CCCC3CC(C)OC(c4ccccc4O)O3)CC(CC(O)CCCC3CC(CCCC(O)CC4CC(C)OC(c5ccccc5O)O4)OC(c4ccccc4O)O3)O2)cc1. The number of sulfonamides is 1. The number of aliphatic hydroxyl groups is 2. The van der Waals surface area contributed by atoms with Crippen LogP contribution in [0.25, 0.3) is 0 Å². The first-order valence-corrected chi connectivity index (χ1v) is 28.8. The van der Waals surface area contributed by atoms with Gasteiger partial charge < -0.3 is 68.7 Å². The number of amides is 2. The zero-order valence-electron chi connectivity index (χ0n) is 44.3. The van der Waals surface area contributed by atoms with E-state index < -0.39 is 59.5 Å². The van der Waals surface area contributed by atoms with E-state index in [4.69, 9.17) is 37.9 Å². The Morgan fingerprint density at radius 1 is 0.532 bits per heavy atom. The van der Waals surface area contributed by atoms with Gasteiger partial charge in [-0.3, -0.25) is 0 Å². The second kappa shape index (κ2) is 27.8. The first-order chi connectivity index (χ1) is 37.0. The molecule has 18 nitrogen and oxygen atoms in total. The number of ether oxygens (including phenoxy) is 8. The van der Waals surface area contributed by atoms with E-state index in [1.54, 1.807) is 66.7 Å². The van der Waals surface area contributed by atoms with Crippen molar-refractivity contribution in [1.29, 1.82) is 0 Å². The highest BCUT2D eigenvalue weighted by Gasteiger charge is 2.37. The number of carbonyl (C=O) groups excluding carboxylic acids is 1. The Labute approximate surface area is 452 Å². The molecule has 0 spiro atoms. The van der Waals surface area contributed by atoms with Crippen LogP contribution in [-0.2, 0) is 47.9 Å². The highest BCUT2D eigenvalue weighted by Crippen LogP contribution is 2.40. The number of phenolic OH excluding ortho intramolecular Hbond substituents is 3. The summed E-state index contributed by atoms with van der Waals surface area (Å²) in [5.41, 5.74) is 2.53. The molecule has 14 unspecified atom stereocenters. The van der Waals surface area contributed by atoms with Crippen LogP contribution >= 0.6 is 0 Å². The maximum Gasteiger partial charge on any atom is 0.328 e. The van der Waals surface area contributed by atoms with Gasteiger partial charge in [0.05, 0.1) is 72.5 Å². The fourth-order valence-corrected chi connectivity index (χ4v) is 11.7. The number of aromatic hydroxyl groups is 3. The van der Waals surface area contributed by atoms with Gasteiger partial charge >= 0.3 is 6.03 Å². The summed E-state index contributed by atoms with van der Waals surface area (Å²) in [7, 11) is -4.14. The number of carbonyl (C=O) groups is 1. The molecule has 14 atom stereocenters. The lowest BCUT2D eigenvalue weighted by Crippen LogP contribution is -2.48. The van der Waals surface area contributed by atoms with Crippen molar-refractivity contribution in [2.45, 2.75) is 208 Å². The molecule has 77 heavy (non-hydrogen) atoms. The van der Waals surface area contributed by atoms with Crippen molar-refractivity contribution in [3.63, 3.8) is 0 Å². The molecular formula is C58H78N2O16S. The second-order valence-corrected chi connectivity index (χ2v) is 22.9. The molecule has 4 aromatic rings. The predicted molar refractivity (Wildman–Crippen MR) is 283 cm³/mol. The number of aryl methyl sites for hydroxylation is 1. The van der Waals surface area contributed by atoms with Crippen LogP contribution in [0.2, 0.25) is 0 Å². The average molecular weight is 1090 g/mol. The minimum atomic E-state index is -4.14. The third-order valence-corrected chi connectivity index (χ3v) is 16.1. The number of hydrogen-bond donors (Lipinski definition) is 7. The Kier molecular flexibility index (Phi) is 21.0. The van der Waals surface area contributed by atoms with Crippen molar-refractivity contribution in [3.8, 4) is 17.2 Å². The fraction of sp³-hybridized carbons (Fsp3) is 0.569. The summed E-state index contributed by atoms with van der Waals surface area (Å²) in [6.07, 6.45) is 2.33. The minimum absolute atomic E-state index is 0.0490. The van der Waals surface area contributed by atoms with E-state index in [1.807, 2.05) is 39.0 Å². The third-order valence-electron chi connectivity index (χ3n) is 14.7. The highest BCUT2D eigenvalue weighted by molar-refractivity contribution is 7.90. The Morgan fingerprint density at radius 3 is 1.43 bits per heavy atom. The molecule has 0 aromatic heterocycles. The molecule has 0 aliphatic carbocycles. The molecule has 4 aliphatic rings. The minimum Gasteiger partial charge on any atom is -0.507 e. The lowest BCUT2D eigenvalue weighted by atomic mass is 9.95. The number of rotatable bonds is 23. The molecule has 2 amide bonds. The largest absolute Gasteiger partial charge is 0.507 e. The van der Waals surface area contributed by atoms with Gasteiger partial charge in [0.1, 0.15) is 17.2 Å². The molecule has 4 aromatic carbocycles. The van der Waals surface area contributed by atoms with Crippen molar-refractivity contribution in [2.24, 2.45) is 0 Å². The Hall–Kier alpha value is -4.90. The van der Waals surface area contributed by atoms with E-state index in [0.29, 0.717) is 107 Å². The molecule has 0 bridgehead atoms. The van der Waals surface area contributed by atoms with Crippen LogP contribution in [0.3, 0.4) is 0 Å². The van der Waals surface area contributed by atoms with Gasteiger partial charge in [-0.05, 0) is 135 Å². The van der Waals surface area contributed by atoms with Gasteiger partial charge in [-0.1, -0.05) is 72.3 Å². The number of urea groups is 1. The molecule has 4 fully saturated rings. The van der Waals surface area contributed by atoms with Crippen molar-refractivity contribution in [2.75, 3.05) is 6.54 Å². The van der Waals surface area contributed by atoms with Crippen LogP contribution in [0, 0.1) is 6.92 Å². The molecule has 19 heteroatoms. The number of benzene rings is 4. The molecule has 0 saturated carbocycles. The quantitative estimate of drug-likeness (QED) is 0.0365. The lowest BCUT2D eigenvalue weighted by molar-refractivity contribution is -0.251. The van der Waals surface area contributed by atoms with Crippen LogP contribution in [0.15, 0.2) is 102 Å². The summed E-state index contributed by atoms with van der Waals surface area (Å²) in [6.45, 7) is 5.63. The number of hydrogen-bond acceptors (Lipinski definition) is 16. The smallest absolute Gasteiger partial charge is 0.328 e. The van der Waals surface area contributed by atoms with Gasteiger partial charge in [-0.25, -0.2) is 17.9 Å². The zero-order valence-corrected chi connectivity index (χ0v) is 45.1. The summed E-state index contributed by atoms with van der Waals surface area (Å²) >= 11 is 0. The topological polar surface area (TPSA) is 250 Å². The van der Waals surface area contributed by atoms with Crippen molar-refractivity contribution >= 4 is 16.1 Å². The van der Waals surface area contributed by atoms with E-state index in [-0.39, 0.29) is 71.4 Å². The molecule has 4 saturated heterocycles. The van der Waals surface area contributed by atoms with E-state index >= 15 is 0 Å². The van der Waals surface area contributed by atoms with Gasteiger partial charge in [-0.15, -0.1) is 0 Å². The zero-order chi connectivity index (χ0) is 54.5. The molecule has 422 valence electrons. The van der Waals surface area contributed by atoms with Gasteiger partial charge in [0, 0.05) is 29.5 Å².